The van der Waals surface area contributed by atoms with Crippen molar-refractivity contribution >= 4 is 22.4 Å². The van der Waals surface area contributed by atoms with Crippen LogP contribution in [-0.2, 0) is 12.6 Å². The molecule has 7 heteroatoms. The van der Waals surface area contributed by atoms with E-state index in [9.17, 15) is 13.2 Å². The Bertz CT molecular complexity index is 1190. The molecular formula is C22H18F3N3S. The van der Waals surface area contributed by atoms with Crippen molar-refractivity contribution in [3.8, 4) is 16.3 Å². The molecule has 1 aliphatic carbocycles. The number of fused-ring (bicyclic) bond motifs is 1. The summed E-state index contributed by atoms with van der Waals surface area (Å²) < 4.78 is 43.9. The normalized spacial score (nSPS) is 14.6. The lowest BCUT2D eigenvalue weighted by Gasteiger charge is -2.11. The Morgan fingerprint density at radius 1 is 1.10 bits per heavy atom. The van der Waals surface area contributed by atoms with Crippen LogP contribution in [0.5, 0.6) is 0 Å². The molecule has 0 saturated heterocycles. The molecule has 1 aliphatic rings. The molecule has 0 unspecified atom stereocenters. The molecule has 29 heavy (non-hydrogen) atoms. The second kappa shape index (κ2) is 6.69. The van der Waals surface area contributed by atoms with Crippen LogP contribution in [0.25, 0.3) is 27.3 Å². The van der Waals surface area contributed by atoms with Gasteiger partial charge in [-0.05, 0) is 49.6 Å². The first-order valence-corrected chi connectivity index (χ1v) is 10.4. The summed E-state index contributed by atoms with van der Waals surface area (Å²) in [4.78, 5) is 6.54. The number of nitrogens with zero attached hydrogens (tertiary/aromatic N) is 3. The Kier molecular flexibility index (Phi) is 4.24. The van der Waals surface area contributed by atoms with Gasteiger partial charge in [0.05, 0.1) is 32.9 Å². The average Bonchev–Trinajstić information content (AvgIpc) is 3.31. The highest BCUT2D eigenvalue weighted by Gasteiger charge is 2.39. The maximum absolute atomic E-state index is 14.1. The van der Waals surface area contributed by atoms with E-state index in [0.717, 1.165) is 29.0 Å². The van der Waals surface area contributed by atoms with Gasteiger partial charge in [-0.3, -0.25) is 0 Å². The summed E-state index contributed by atoms with van der Waals surface area (Å²) in [5.74, 6) is 0.0737. The lowest BCUT2D eigenvalue weighted by atomic mass is 10.1. The third-order valence-electron chi connectivity index (χ3n) is 5.20. The number of thiophene rings is 1. The van der Waals surface area contributed by atoms with Gasteiger partial charge < -0.3 is 0 Å². The summed E-state index contributed by atoms with van der Waals surface area (Å²) >= 11 is 1.48. The molecule has 148 valence electrons. The van der Waals surface area contributed by atoms with Crippen molar-refractivity contribution in [3.63, 3.8) is 0 Å². The van der Waals surface area contributed by atoms with Crippen molar-refractivity contribution in [1.82, 2.24) is 14.8 Å². The molecule has 0 bridgehead atoms. The van der Waals surface area contributed by atoms with Gasteiger partial charge in [-0.1, -0.05) is 25.1 Å². The topological polar surface area (TPSA) is 30.7 Å². The van der Waals surface area contributed by atoms with Crippen molar-refractivity contribution in [3.05, 3.63) is 64.7 Å². The fraction of sp³-hybridized carbons (Fsp3) is 0.273. The van der Waals surface area contributed by atoms with Gasteiger partial charge in [0, 0.05) is 10.8 Å². The average molecular weight is 413 g/mol. The van der Waals surface area contributed by atoms with Crippen molar-refractivity contribution < 1.29 is 13.2 Å². The summed E-state index contributed by atoms with van der Waals surface area (Å²) in [6.45, 7) is 2.03. The van der Waals surface area contributed by atoms with Crippen LogP contribution in [0, 0.1) is 0 Å². The van der Waals surface area contributed by atoms with E-state index in [1.54, 1.807) is 4.68 Å². The number of aryl methyl sites for hydroxylation is 1. The molecule has 3 heterocycles. The van der Waals surface area contributed by atoms with Crippen molar-refractivity contribution in [2.75, 3.05) is 0 Å². The third-order valence-corrected chi connectivity index (χ3v) is 6.45. The fourth-order valence-electron chi connectivity index (χ4n) is 3.59. The molecule has 0 aliphatic heterocycles. The van der Waals surface area contributed by atoms with Crippen molar-refractivity contribution in [1.29, 1.82) is 0 Å². The molecule has 0 atom stereocenters. The summed E-state index contributed by atoms with van der Waals surface area (Å²) in [6.07, 6.45) is -1.91. The third kappa shape index (κ3) is 3.23. The first kappa shape index (κ1) is 18.4. The zero-order valence-corrected chi connectivity index (χ0v) is 16.5. The maximum atomic E-state index is 14.1. The van der Waals surface area contributed by atoms with Gasteiger partial charge in [0.25, 0.3) is 0 Å². The van der Waals surface area contributed by atoms with Crippen LogP contribution in [0.2, 0.25) is 0 Å². The number of hydrogen-bond acceptors (Lipinski definition) is 3. The first-order chi connectivity index (χ1) is 14.0. The van der Waals surface area contributed by atoms with Crippen LogP contribution in [0.15, 0.2) is 48.5 Å². The van der Waals surface area contributed by atoms with E-state index in [-0.39, 0.29) is 17.0 Å². The Morgan fingerprint density at radius 3 is 2.48 bits per heavy atom. The predicted octanol–water partition coefficient (Wildman–Crippen LogP) is 6.61. The highest BCUT2D eigenvalue weighted by atomic mass is 32.1. The minimum atomic E-state index is -4.48. The SMILES string of the molecule is CCc1ccc(-c2cc(C(F)(F)F)c3c(C4CC4)nn(-c4ccccc4)c3n2)s1. The van der Waals surface area contributed by atoms with Crippen LogP contribution < -0.4 is 0 Å². The second-order valence-electron chi connectivity index (χ2n) is 7.28. The van der Waals surface area contributed by atoms with Crippen LogP contribution in [0.3, 0.4) is 0 Å². The molecule has 0 N–H and O–H groups in total. The molecule has 1 aromatic carbocycles. The number of rotatable bonds is 4. The minimum absolute atomic E-state index is 0.0737. The highest BCUT2D eigenvalue weighted by molar-refractivity contribution is 7.15. The van der Waals surface area contributed by atoms with Gasteiger partial charge in [-0.25, -0.2) is 9.67 Å². The summed E-state index contributed by atoms with van der Waals surface area (Å²) in [5, 5.41) is 4.75. The monoisotopic (exact) mass is 413 g/mol. The second-order valence-corrected chi connectivity index (χ2v) is 8.45. The van der Waals surface area contributed by atoms with Crippen LogP contribution in [0.4, 0.5) is 13.2 Å². The number of halogens is 3. The number of pyridine rings is 1. The number of hydrogen-bond donors (Lipinski definition) is 0. The Labute approximate surface area is 169 Å². The Balaban J connectivity index is 1.83. The van der Waals surface area contributed by atoms with Crippen LogP contribution in [0.1, 0.15) is 41.8 Å². The quantitative estimate of drug-likeness (QED) is 0.377. The van der Waals surface area contributed by atoms with Gasteiger partial charge in [0.2, 0.25) is 0 Å². The lowest BCUT2D eigenvalue weighted by molar-refractivity contribution is -0.136. The molecule has 1 fully saturated rings. The van der Waals surface area contributed by atoms with E-state index in [1.807, 2.05) is 49.4 Å². The molecule has 0 amide bonds. The van der Waals surface area contributed by atoms with Gasteiger partial charge in [-0.15, -0.1) is 11.3 Å². The van der Waals surface area contributed by atoms with E-state index in [0.29, 0.717) is 17.1 Å². The largest absolute Gasteiger partial charge is 0.417 e. The Hall–Kier alpha value is -2.67. The maximum Gasteiger partial charge on any atom is 0.417 e. The number of benzene rings is 1. The first-order valence-electron chi connectivity index (χ1n) is 9.61. The van der Waals surface area contributed by atoms with Crippen LogP contribution >= 0.6 is 11.3 Å². The van der Waals surface area contributed by atoms with Gasteiger partial charge >= 0.3 is 6.18 Å². The van der Waals surface area contributed by atoms with Gasteiger partial charge in [0.15, 0.2) is 5.65 Å². The zero-order chi connectivity index (χ0) is 20.2. The predicted molar refractivity (Wildman–Crippen MR) is 109 cm³/mol. The van der Waals surface area contributed by atoms with E-state index in [2.05, 4.69) is 10.1 Å². The van der Waals surface area contributed by atoms with Crippen molar-refractivity contribution in [2.24, 2.45) is 0 Å². The summed E-state index contributed by atoms with van der Waals surface area (Å²) in [7, 11) is 0. The molecule has 4 aromatic rings. The summed E-state index contributed by atoms with van der Waals surface area (Å²) in [6, 6.07) is 14.2. The number of para-hydroxylation sites is 1. The molecule has 0 radical (unpaired) electrons. The fourth-order valence-corrected chi connectivity index (χ4v) is 4.50. The van der Waals surface area contributed by atoms with Gasteiger partial charge in [-0.2, -0.15) is 18.3 Å². The van der Waals surface area contributed by atoms with Crippen LogP contribution in [-0.4, -0.2) is 14.8 Å². The van der Waals surface area contributed by atoms with E-state index >= 15 is 0 Å². The molecule has 3 aromatic heterocycles. The minimum Gasteiger partial charge on any atom is -0.227 e. The summed E-state index contributed by atoms with van der Waals surface area (Å²) in [5.41, 5.74) is 1.19. The molecule has 5 rings (SSSR count). The van der Waals surface area contributed by atoms with E-state index < -0.39 is 11.7 Å². The lowest BCUT2D eigenvalue weighted by Crippen LogP contribution is -2.08. The van der Waals surface area contributed by atoms with Gasteiger partial charge in [0.1, 0.15) is 0 Å². The Morgan fingerprint density at radius 2 is 1.86 bits per heavy atom. The molecule has 0 spiro atoms. The zero-order valence-electron chi connectivity index (χ0n) is 15.7. The smallest absolute Gasteiger partial charge is 0.227 e. The van der Waals surface area contributed by atoms with E-state index in [4.69, 9.17) is 0 Å². The van der Waals surface area contributed by atoms with E-state index in [1.165, 1.54) is 17.4 Å². The standard InChI is InChI=1S/C22H18F3N3S/c1-2-15-10-11-18(29-15)17-12-16(22(23,24)25)19-20(13-8-9-13)27-28(21(19)26-17)14-6-4-3-5-7-14/h3-7,10-13H,2,8-9H2,1H3. The molecule has 3 nitrogen and oxygen atoms in total. The molecular weight excluding hydrogens is 395 g/mol. The number of aromatic nitrogens is 3. The molecule has 1 saturated carbocycles. The number of alkyl halides is 3. The highest BCUT2D eigenvalue weighted by Crippen LogP contribution is 2.47. The van der Waals surface area contributed by atoms with Crippen molar-refractivity contribution in [2.45, 2.75) is 38.3 Å².